The molecule has 2 aliphatic heterocycles. The van der Waals surface area contributed by atoms with E-state index in [2.05, 4.69) is 44.3 Å². The molecule has 2 aliphatic rings. The predicted molar refractivity (Wildman–Crippen MR) is 97.4 cm³/mol. The second kappa shape index (κ2) is 6.09. The monoisotopic (exact) mass is 348 g/mol. The molecule has 1 aromatic carbocycles. The van der Waals surface area contributed by atoms with E-state index in [0.717, 1.165) is 43.9 Å². The summed E-state index contributed by atoms with van der Waals surface area (Å²) in [4.78, 5) is 20.7. The van der Waals surface area contributed by atoms with E-state index in [1.807, 2.05) is 15.5 Å². The smallest absolute Gasteiger partial charge is 0.222 e. The van der Waals surface area contributed by atoms with Crippen molar-refractivity contribution in [1.29, 1.82) is 0 Å². The Morgan fingerprint density at radius 3 is 3.04 bits per heavy atom. The number of hydrogen-bond acceptors (Lipinski definition) is 5. The lowest BCUT2D eigenvalue weighted by atomic mass is 9.98. The first-order valence-corrected chi connectivity index (χ1v) is 9.10. The molecule has 5 rings (SSSR count). The number of amides is 1. The first kappa shape index (κ1) is 15.3. The van der Waals surface area contributed by atoms with Crippen molar-refractivity contribution >= 4 is 23.1 Å². The molecule has 0 N–H and O–H groups in total. The molecular formula is C19H20N6O. The lowest BCUT2D eigenvalue weighted by Gasteiger charge is -2.20. The van der Waals surface area contributed by atoms with Gasteiger partial charge in [0.05, 0.1) is 0 Å². The molecular weight excluding hydrogens is 328 g/mol. The van der Waals surface area contributed by atoms with E-state index in [-0.39, 0.29) is 0 Å². The van der Waals surface area contributed by atoms with Gasteiger partial charge < -0.3 is 9.80 Å². The molecule has 1 saturated heterocycles. The third-order valence-electron chi connectivity index (χ3n) is 5.44. The van der Waals surface area contributed by atoms with Gasteiger partial charge in [0.2, 0.25) is 11.6 Å². The number of fused-ring (bicyclic) bond motifs is 2. The predicted octanol–water partition coefficient (Wildman–Crippen LogP) is 2.37. The summed E-state index contributed by atoms with van der Waals surface area (Å²) in [5.74, 6) is 1.50. The van der Waals surface area contributed by atoms with Crippen LogP contribution < -0.4 is 4.90 Å². The number of carbonyl (C=O) groups excluding carboxylic acids is 1. The van der Waals surface area contributed by atoms with Crippen LogP contribution in [0, 0.1) is 0 Å². The van der Waals surface area contributed by atoms with Gasteiger partial charge >= 0.3 is 0 Å². The first-order valence-electron chi connectivity index (χ1n) is 9.10. The zero-order valence-corrected chi connectivity index (χ0v) is 14.5. The molecule has 7 nitrogen and oxygen atoms in total. The maximum absolute atomic E-state index is 11.9. The average molecular weight is 348 g/mol. The van der Waals surface area contributed by atoms with Gasteiger partial charge in [-0.2, -0.15) is 0 Å². The number of rotatable bonds is 4. The molecule has 7 heteroatoms. The summed E-state index contributed by atoms with van der Waals surface area (Å²) in [7, 11) is 0. The van der Waals surface area contributed by atoms with E-state index >= 15 is 0 Å². The third kappa shape index (κ3) is 2.42. The molecule has 0 unspecified atom stereocenters. The van der Waals surface area contributed by atoms with Crippen molar-refractivity contribution in [3.63, 3.8) is 0 Å². The van der Waals surface area contributed by atoms with Crippen molar-refractivity contribution in [2.24, 2.45) is 0 Å². The molecule has 0 aliphatic carbocycles. The van der Waals surface area contributed by atoms with Crippen molar-refractivity contribution in [1.82, 2.24) is 24.5 Å². The van der Waals surface area contributed by atoms with Crippen LogP contribution in [0.5, 0.6) is 0 Å². The Labute approximate surface area is 151 Å². The van der Waals surface area contributed by atoms with Gasteiger partial charge in [0.15, 0.2) is 5.82 Å². The molecule has 0 spiro atoms. The largest absolute Gasteiger partial charge is 0.343 e. The maximum Gasteiger partial charge on any atom is 0.222 e. The highest BCUT2D eigenvalue weighted by Gasteiger charge is 2.32. The summed E-state index contributed by atoms with van der Waals surface area (Å²) in [5, 5.41) is 8.24. The van der Waals surface area contributed by atoms with Crippen LogP contribution in [-0.4, -0.2) is 50.0 Å². The van der Waals surface area contributed by atoms with Crippen LogP contribution in [0.3, 0.4) is 0 Å². The molecule has 132 valence electrons. The number of benzene rings is 1. The normalized spacial score (nSPS) is 19.5. The third-order valence-corrected chi connectivity index (χ3v) is 5.44. The minimum absolute atomic E-state index is 0.294. The summed E-state index contributed by atoms with van der Waals surface area (Å²) >= 11 is 0. The maximum atomic E-state index is 11.9. The van der Waals surface area contributed by atoms with Crippen LogP contribution in [0.25, 0.3) is 5.65 Å². The Morgan fingerprint density at radius 2 is 2.15 bits per heavy atom. The van der Waals surface area contributed by atoms with E-state index in [1.54, 1.807) is 12.5 Å². The minimum Gasteiger partial charge on any atom is -0.343 e. The van der Waals surface area contributed by atoms with Gasteiger partial charge in [0.1, 0.15) is 6.33 Å². The molecule has 4 heterocycles. The number of para-hydroxylation sites is 1. The topological polar surface area (TPSA) is 66.6 Å². The lowest BCUT2D eigenvalue weighted by molar-refractivity contribution is -0.127. The van der Waals surface area contributed by atoms with Gasteiger partial charge in [-0.25, -0.2) is 4.98 Å². The van der Waals surface area contributed by atoms with Gasteiger partial charge in [0.25, 0.3) is 0 Å². The lowest BCUT2D eigenvalue weighted by Crippen LogP contribution is -2.27. The fourth-order valence-electron chi connectivity index (χ4n) is 4.13. The fraction of sp³-hybridized carbons (Fsp3) is 0.368. The number of carbonyl (C=O) groups is 1. The van der Waals surface area contributed by atoms with E-state index < -0.39 is 0 Å². The highest BCUT2D eigenvalue weighted by molar-refractivity contribution is 5.78. The molecule has 1 fully saturated rings. The average Bonchev–Trinajstić information content (AvgIpc) is 3.38. The van der Waals surface area contributed by atoms with Gasteiger partial charge in [-0.15, -0.1) is 10.2 Å². The van der Waals surface area contributed by atoms with Crippen molar-refractivity contribution in [2.45, 2.75) is 25.2 Å². The Hall–Kier alpha value is -2.96. The van der Waals surface area contributed by atoms with E-state index in [1.165, 1.54) is 11.3 Å². The van der Waals surface area contributed by atoms with Crippen molar-refractivity contribution in [2.75, 3.05) is 24.5 Å². The van der Waals surface area contributed by atoms with Gasteiger partial charge in [0, 0.05) is 50.1 Å². The van der Waals surface area contributed by atoms with Crippen molar-refractivity contribution in [3.8, 4) is 0 Å². The fourth-order valence-corrected chi connectivity index (χ4v) is 4.13. The van der Waals surface area contributed by atoms with Crippen molar-refractivity contribution in [3.05, 3.63) is 48.5 Å². The molecule has 1 amide bonds. The Morgan fingerprint density at radius 1 is 1.23 bits per heavy atom. The SMILES string of the molecule is O=C1CCCN1CC[C@@H]1CN(c2nccn3cnnc23)c2ccccc21. The van der Waals surface area contributed by atoms with E-state index in [4.69, 9.17) is 0 Å². The van der Waals surface area contributed by atoms with Crippen LogP contribution >= 0.6 is 0 Å². The zero-order valence-electron chi connectivity index (χ0n) is 14.5. The Bertz CT molecular complexity index is 967. The molecule has 3 aromatic rings. The van der Waals surface area contributed by atoms with Gasteiger partial charge in [-0.1, -0.05) is 18.2 Å². The molecule has 0 bridgehead atoms. The number of aromatic nitrogens is 4. The number of hydrogen-bond donors (Lipinski definition) is 0. The number of nitrogens with zero attached hydrogens (tertiary/aromatic N) is 6. The Kier molecular flexibility index (Phi) is 3.58. The van der Waals surface area contributed by atoms with Crippen LogP contribution in [-0.2, 0) is 4.79 Å². The molecule has 0 radical (unpaired) electrons. The highest BCUT2D eigenvalue weighted by Crippen LogP contribution is 2.42. The number of likely N-dealkylation sites (tertiary alicyclic amines) is 1. The summed E-state index contributed by atoms with van der Waals surface area (Å²) in [6.07, 6.45) is 7.99. The van der Waals surface area contributed by atoms with Crippen LogP contribution in [0.4, 0.5) is 11.5 Å². The highest BCUT2D eigenvalue weighted by atomic mass is 16.2. The van der Waals surface area contributed by atoms with Gasteiger partial charge in [-0.05, 0) is 24.5 Å². The van der Waals surface area contributed by atoms with Crippen LogP contribution in [0.2, 0.25) is 0 Å². The zero-order chi connectivity index (χ0) is 17.5. The van der Waals surface area contributed by atoms with Crippen LogP contribution in [0.1, 0.15) is 30.7 Å². The molecule has 0 saturated carbocycles. The standard InChI is InChI=1S/C19H20N6O/c26-17-6-3-9-23(17)10-7-14-12-25(16-5-2-1-4-15(14)16)18-19-22-21-13-24(19)11-8-20-18/h1-2,4-5,8,11,13-14H,3,6-7,9-10,12H2/t14-/m1/s1. The van der Waals surface area contributed by atoms with Crippen molar-refractivity contribution < 1.29 is 4.79 Å². The summed E-state index contributed by atoms with van der Waals surface area (Å²) in [5.41, 5.74) is 3.26. The molecule has 1 atom stereocenters. The van der Waals surface area contributed by atoms with Crippen LogP contribution in [0.15, 0.2) is 43.0 Å². The minimum atomic E-state index is 0.294. The van der Waals surface area contributed by atoms with Gasteiger partial charge in [-0.3, -0.25) is 9.20 Å². The van der Waals surface area contributed by atoms with E-state index in [9.17, 15) is 4.79 Å². The Balaban J connectivity index is 1.45. The second-order valence-electron chi connectivity index (χ2n) is 6.95. The first-order chi connectivity index (χ1) is 12.8. The summed E-state index contributed by atoms with van der Waals surface area (Å²) in [6.45, 7) is 2.58. The quantitative estimate of drug-likeness (QED) is 0.724. The van der Waals surface area contributed by atoms with E-state index in [0.29, 0.717) is 18.2 Å². The molecule has 2 aromatic heterocycles. The summed E-state index contributed by atoms with van der Waals surface area (Å²) < 4.78 is 1.89. The second-order valence-corrected chi connectivity index (χ2v) is 6.95. The number of anilines is 2. The molecule has 26 heavy (non-hydrogen) atoms. The summed E-state index contributed by atoms with van der Waals surface area (Å²) in [6, 6.07) is 8.47.